The number of nitrogen functional groups attached to an aromatic ring is 1. The fraction of sp³-hybridized carbons (Fsp3) is 0.235. The molecule has 0 saturated heterocycles. The number of nitrogens with zero attached hydrogens (tertiary/aromatic N) is 1. The molecule has 2 aromatic rings. The van der Waals surface area contributed by atoms with Crippen LogP contribution in [0.15, 0.2) is 51.3 Å². The summed E-state index contributed by atoms with van der Waals surface area (Å²) in [7, 11) is -1.40. The molecular formula is C17H18BrClN2OS. The van der Waals surface area contributed by atoms with Crippen molar-refractivity contribution in [3.8, 4) is 0 Å². The molecule has 0 aromatic heterocycles. The van der Waals surface area contributed by atoms with Gasteiger partial charge >= 0.3 is 0 Å². The third-order valence-corrected chi connectivity index (χ3v) is 5.23. The fourth-order valence-electron chi connectivity index (χ4n) is 1.82. The van der Waals surface area contributed by atoms with Gasteiger partial charge in [0.2, 0.25) is 0 Å². The Morgan fingerprint density at radius 3 is 2.35 bits per heavy atom. The highest BCUT2D eigenvalue weighted by atomic mass is 79.9. The van der Waals surface area contributed by atoms with Gasteiger partial charge in [-0.2, -0.15) is 4.40 Å². The lowest BCUT2D eigenvalue weighted by Gasteiger charge is -2.16. The van der Waals surface area contributed by atoms with Crippen molar-refractivity contribution in [2.75, 3.05) is 5.73 Å². The van der Waals surface area contributed by atoms with Gasteiger partial charge in [-0.05, 0) is 51.1 Å². The van der Waals surface area contributed by atoms with E-state index in [4.69, 9.17) is 17.3 Å². The maximum Gasteiger partial charge on any atom is 0.145 e. The first-order valence-corrected chi connectivity index (χ1v) is 9.28. The van der Waals surface area contributed by atoms with Crippen molar-refractivity contribution < 1.29 is 4.21 Å². The molecule has 0 radical (unpaired) electrons. The minimum atomic E-state index is -1.40. The number of rotatable bonds is 3. The van der Waals surface area contributed by atoms with E-state index < -0.39 is 15.7 Å². The number of benzene rings is 2. The van der Waals surface area contributed by atoms with E-state index in [0.29, 0.717) is 16.4 Å². The molecule has 1 atom stereocenters. The van der Waals surface area contributed by atoms with Crippen LogP contribution in [-0.2, 0) is 11.0 Å². The molecule has 0 heterocycles. The van der Waals surface area contributed by atoms with E-state index in [2.05, 4.69) is 20.3 Å². The lowest BCUT2D eigenvalue weighted by molar-refractivity contribution is 0.650. The minimum absolute atomic E-state index is 0.460. The van der Waals surface area contributed by atoms with Crippen LogP contribution in [0.25, 0.3) is 0 Å². The summed E-state index contributed by atoms with van der Waals surface area (Å²) in [6.45, 7) is 5.66. The van der Waals surface area contributed by atoms with Gasteiger partial charge in [0.15, 0.2) is 0 Å². The van der Waals surface area contributed by atoms with Gasteiger partial charge < -0.3 is 5.73 Å². The zero-order valence-electron chi connectivity index (χ0n) is 13.1. The lowest BCUT2D eigenvalue weighted by atomic mass is 10.0. The SMILES string of the molecule is CC(C)(C)S(=O)N=C(c1ccc(Cl)cc1)c1cc(Br)ccc1N. The molecule has 0 saturated carbocycles. The molecule has 0 aliphatic rings. The predicted molar refractivity (Wildman–Crippen MR) is 104 cm³/mol. The highest BCUT2D eigenvalue weighted by Crippen LogP contribution is 2.25. The molecule has 0 aliphatic heterocycles. The first-order chi connectivity index (χ1) is 10.7. The summed E-state index contributed by atoms with van der Waals surface area (Å²) in [5.41, 5.74) is 8.84. The van der Waals surface area contributed by atoms with E-state index in [9.17, 15) is 4.21 Å². The van der Waals surface area contributed by atoms with Gasteiger partial charge in [-0.25, -0.2) is 4.21 Å². The topological polar surface area (TPSA) is 55.5 Å². The zero-order valence-corrected chi connectivity index (χ0v) is 16.3. The Balaban J connectivity index is 2.65. The van der Waals surface area contributed by atoms with Crippen molar-refractivity contribution in [1.29, 1.82) is 0 Å². The highest BCUT2D eigenvalue weighted by molar-refractivity contribution is 9.10. The Kier molecular flexibility index (Phi) is 5.65. The largest absolute Gasteiger partial charge is 0.398 e. The van der Waals surface area contributed by atoms with Crippen LogP contribution < -0.4 is 5.73 Å². The number of anilines is 1. The van der Waals surface area contributed by atoms with Gasteiger partial charge in [0.25, 0.3) is 0 Å². The third-order valence-electron chi connectivity index (χ3n) is 3.09. The highest BCUT2D eigenvalue weighted by Gasteiger charge is 2.21. The summed E-state index contributed by atoms with van der Waals surface area (Å²) in [6, 6.07) is 12.8. The molecule has 2 N–H and O–H groups in total. The maximum absolute atomic E-state index is 12.5. The quantitative estimate of drug-likeness (QED) is 0.569. The van der Waals surface area contributed by atoms with Crippen molar-refractivity contribution >= 4 is 49.9 Å². The molecule has 3 nitrogen and oxygen atoms in total. The molecule has 0 aliphatic carbocycles. The lowest BCUT2D eigenvalue weighted by Crippen LogP contribution is -2.21. The van der Waals surface area contributed by atoms with Crippen LogP contribution in [0.3, 0.4) is 0 Å². The van der Waals surface area contributed by atoms with Crippen LogP contribution in [0.2, 0.25) is 5.02 Å². The Morgan fingerprint density at radius 1 is 1.17 bits per heavy atom. The van der Waals surface area contributed by atoms with Crippen LogP contribution in [0.5, 0.6) is 0 Å². The monoisotopic (exact) mass is 412 g/mol. The van der Waals surface area contributed by atoms with Crippen LogP contribution in [0.1, 0.15) is 31.9 Å². The molecule has 0 spiro atoms. The van der Waals surface area contributed by atoms with Gasteiger partial charge in [-0.3, -0.25) is 0 Å². The number of nitrogens with two attached hydrogens (primary N) is 1. The second kappa shape index (κ2) is 7.16. The molecule has 0 amide bonds. The summed E-state index contributed by atoms with van der Waals surface area (Å²) < 4.78 is 17.4. The summed E-state index contributed by atoms with van der Waals surface area (Å²) in [6.07, 6.45) is 0. The van der Waals surface area contributed by atoms with E-state index in [-0.39, 0.29) is 0 Å². The summed E-state index contributed by atoms with van der Waals surface area (Å²) in [4.78, 5) is 0. The van der Waals surface area contributed by atoms with Gasteiger partial charge in [-0.1, -0.05) is 39.7 Å². The van der Waals surface area contributed by atoms with Crippen LogP contribution in [0, 0.1) is 0 Å². The molecule has 0 fully saturated rings. The number of hydrogen-bond acceptors (Lipinski definition) is 2. The molecule has 23 heavy (non-hydrogen) atoms. The van der Waals surface area contributed by atoms with E-state index in [1.165, 1.54) is 0 Å². The molecule has 1 unspecified atom stereocenters. The average molecular weight is 414 g/mol. The fourth-order valence-corrected chi connectivity index (χ4v) is 2.95. The normalized spacial score (nSPS) is 13.9. The van der Waals surface area contributed by atoms with Gasteiger partial charge in [0, 0.05) is 26.3 Å². The zero-order chi connectivity index (χ0) is 17.2. The predicted octanol–water partition coefficient (Wildman–Crippen LogP) is 4.98. The first-order valence-electron chi connectivity index (χ1n) is 7.00. The number of hydrogen-bond donors (Lipinski definition) is 1. The number of halogens is 2. The van der Waals surface area contributed by atoms with E-state index in [0.717, 1.165) is 15.6 Å². The van der Waals surface area contributed by atoms with Crippen molar-refractivity contribution in [3.63, 3.8) is 0 Å². The van der Waals surface area contributed by atoms with E-state index >= 15 is 0 Å². The van der Waals surface area contributed by atoms with Crippen LogP contribution in [-0.4, -0.2) is 14.7 Å². The molecule has 2 rings (SSSR count). The molecule has 2 aromatic carbocycles. The van der Waals surface area contributed by atoms with Crippen molar-refractivity contribution in [2.24, 2.45) is 4.40 Å². The van der Waals surface area contributed by atoms with Crippen molar-refractivity contribution in [1.82, 2.24) is 0 Å². The Labute approximate surface area is 152 Å². The molecular weight excluding hydrogens is 396 g/mol. The smallest absolute Gasteiger partial charge is 0.145 e. The molecule has 122 valence electrons. The van der Waals surface area contributed by atoms with Crippen molar-refractivity contribution in [3.05, 3.63) is 63.1 Å². The average Bonchev–Trinajstić information content (AvgIpc) is 2.47. The third kappa shape index (κ3) is 4.66. The Morgan fingerprint density at radius 2 is 1.78 bits per heavy atom. The van der Waals surface area contributed by atoms with Crippen LogP contribution >= 0.6 is 27.5 Å². The summed E-state index contributed by atoms with van der Waals surface area (Å²) in [5.74, 6) is 0. The van der Waals surface area contributed by atoms with Crippen LogP contribution in [0.4, 0.5) is 5.69 Å². The second-order valence-corrected chi connectivity index (χ2v) is 9.30. The maximum atomic E-state index is 12.5. The van der Waals surface area contributed by atoms with E-state index in [1.54, 1.807) is 18.2 Å². The molecule has 6 heteroatoms. The summed E-state index contributed by atoms with van der Waals surface area (Å²) in [5, 5.41) is 0.632. The van der Waals surface area contributed by atoms with Crippen molar-refractivity contribution in [2.45, 2.75) is 25.5 Å². The van der Waals surface area contributed by atoms with Gasteiger partial charge in [0.1, 0.15) is 11.0 Å². The Bertz CT molecular complexity index is 767. The van der Waals surface area contributed by atoms with E-state index in [1.807, 2.05) is 45.0 Å². The molecule has 0 bridgehead atoms. The minimum Gasteiger partial charge on any atom is -0.398 e. The Hall–Kier alpha value is -1.17. The van der Waals surface area contributed by atoms with Gasteiger partial charge in [-0.15, -0.1) is 0 Å². The standard InChI is InChI=1S/C17H18BrClN2OS/c1-17(2,3)23(22)21-16(11-4-7-13(19)8-5-11)14-10-12(18)6-9-15(14)20/h4-10H,20H2,1-3H3. The summed E-state index contributed by atoms with van der Waals surface area (Å²) >= 11 is 9.41. The van der Waals surface area contributed by atoms with Gasteiger partial charge in [0.05, 0.1) is 10.5 Å². The second-order valence-electron chi connectivity index (χ2n) is 6.04. The first kappa shape index (κ1) is 18.2.